The van der Waals surface area contributed by atoms with Crippen molar-refractivity contribution in [2.45, 2.75) is 20.0 Å². The number of carbonyl (C=O) groups excluding carboxylic acids is 3. The summed E-state index contributed by atoms with van der Waals surface area (Å²) < 4.78 is 10.1. The first-order valence-electron chi connectivity index (χ1n) is 9.47. The predicted octanol–water partition coefficient (Wildman–Crippen LogP) is 3.82. The highest BCUT2D eigenvalue weighted by atomic mass is 16.5. The van der Waals surface area contributed by atoms with Crippen LogP contribution in [-0.4, -0.2) is 30.4 Å². The van der Waals surface area contributed by atoms with Crippen LogP contribution in [0.1, 0.15) is 43.8 Å². The van der Waals surface area contributed by atoms with E-state index < -0.39 is 18.0 Å². The van der Waals surface area contributed by atoms with Crippen molar-refractivity contribution >= 4 is 23.3 Å². The average Bonchev–Trinajstić information content (AvgIpc) is 3.29. The third kappa shape index (κ3) is 5.14. The summed E-state index contributed by atoms with van der Waals surface area (Å²) in [4.78, 5) is 37.3. The highest BCUT2D eigenvalue weighted by molar-refractivity contribution is 6.04. The molecule has 2 N–H and O–H groups in total. The molecule has 7 heteroatoms. The van der Waals surface area contributed by atoms with Gasteiger partial charge in [-0.3, -0.25) is 9.59 Å². The molecular weight excluding hydrogens is 384 g/mol. The second-order valence-electron chi connectivity index (χ2n) is 6.56. The molecule has 1 amide bonds. The SMILES string of the molecule is CCOC(=O)c1ccc(N[C@@H](NC(=O)c2ccco2)C(=O)c2ccc(C)cc2)cc1. The molecule has 0 unspecified atom stereocenters. The van der Waals surface area contributed by atoms with Crippen molar-refractivity contribution in [1.29, 1.82) is 0 Å². The number of aryl methyl sites for hydroxylation is 1. The molecule has 1 aromatic heterocycles. The lowest BCUT2D eigenvalue weighted by Crippen LogP contribution is -2.46. The second-order valence-corrected chi connectivity index (χ2v) is 6.56. The molecule has 7 nitrogen and oxygen atoms in total. The molecule has 0 radical (unpaired) electrons. The first-order chi connectivity index (χ1) is 14.5. The van der Waals surface area contributed by atoms with Gasteiger partial charge in [0.25, 0.3) is 5.91 Å². The Hall–Kier alpha value is -3.87. The van der Waals surface area contributed by atoms with Crippen LogP contribution in [0.5, 0.6) is 0 Å². The molecule has 0 fully saturated rings. The summed E-state index contributed by atoms with van der Waals surface area (Å²) in [5.41, 5.74) is 2.41. The molecular formula is C23H22N2O5. The lowest BCUT2D eigenvalue weighted by Gasteiger charge is -2.20. The van der Waals surface area contributed by atoms with Crippen LogP contribution >= 0.6 is 0 Å². The van der Waals surface area contributed by atoms with Crippen molar-refractivity contribution < 1.29 is 23.5 Å². The second kappa shape index (κ2) is 9.56. The summed E-state index contributed by atoms with van der Waals surface area (Å²) in [6, 6.07) is 16.6. The number of benzene rings is 2. The van der Waals surface area contributed by atoms with Crippen LogP contribution in [-0.2, 0) is 4.74 Å². The number of furan rings is 1. The zero-order chi connectivity index (χ0) is 21.5. The van der Waals surface area contributed by atoms with Gasteiger partial charge < -0.3 is 19.8 Å². The molecule has 1 atom stereocenters. The highest BCUT2D eigenvalue weighted by Gasteiger charge is 2.24. The number of carbonyl (C=O) groups is 3. The van der Waals surface area contributed by atoms with E-state index in [9.17, 15) is 14.4 Å². The van der Waals surface area contributed by atoms with Gasteiger partial charge in [0.1, 0.15) is 0 Å². The van der Waals surface area contributed by atoms with E-state index in [1.165, 1.54) is 12.3 Å². The van der Waals surface area contributed by atoms with Crippen LogP contribution in [0.2, 0.25) is 0 Å². The molecule has 3 rings (SSSR count). The zero-order valence-electron chi connectivity index (χ0n) is 16.7. The lowest BCUT2D eigenvalue weighted by atomic mass is 10.1. The zero-order valence-corrected chi connectivity index (χ0v) is 16.7. The molecule has 2 aromatic carbocycles. The molecule has 0 aliphatic carbocycles. The molecule has 0 bridgehead atoms. The van der Waals surface area contributed by atoms with Gasteiger partial charge in [0.15, 0.2) is 11.9 Å². The number of hydrogen-bond acceptors (Lipinski definition) is 6. The molecule has 1 heterocycles. The Balaban J connectivity index is 1.81. The minimum atomic E-state index is -1.04. The summed E-state index contributed by atoms with van der Waals surface area (Å²) in [6.07, 6.45) is 0.339. The summed E-state index contributed by atoms with van der Waals surface area (Å²) in [5, 5.41) is 5.66. The van der Waals surface area contributed by atoms with Gasteiger partial charge in [0.05, 0.1) is 18.4 Å². The van der Waals surface area contributed by atoms with E-state index in [0.717, 1.165) is 5.56 Å². The van der Waals surface area contributed by atoms with Gasteiger partial charge in [-0.1, -0.05) is 29.8 Å². The minimum absolute atomic E-state index is 0.0937. The molecule has 0 saturated heterocycles. The number of esters is 1. The van der Waals surface area contributed by atoms with Crippen molar-refractivity contribution in [3.05, 3.63) is 89.4 Å². The summed E-state index contributed by atoms with van der Waals surface area (Å²) in [6.45, 7) is 3.94. The van der Waals surface area contributed by atoms with E-state index in [2.05, 4.69) is 10.6 Å². The normalized spacial score (nSPS) is 11.4. The van der Waals surface area contributed by atoms with Gasteiger partial charge in [-0.05, 0) is 50.2 Å². The third-order valence-corrected chi connectivity index (χ3v) is 4.33. The van der Waals surface area contributed by atoms with Gasteiger partial charge in [-0.15, -0.1) is 0 Å². The molecule has 0 aliphatic heterocycles. The van der Waals surface area contributed by atoms with Crippen LogP contribution in [0.4, 0.5) is 5.69 Å². The van der Waals surface area contributed by atoms with Gasteiger partial charge in [0, 0.05) is 11.3 Å². The Morgan fingerprint density at radius 2 is 1.63 bits per heavy atom. The largest absolute Gasteiger partial charge is 0.462 e. The summed E-state index contributed by atoms with van der Waals surface area (Å²) >= 11 is 0. The van der Waals surface area contributed by atoms with E-state index >= 15 is 0 Å². The maximum Gasteiger partial charge on any atom is 0.338 e. The Labute approximate surface area is 174 Å². The fourth-order valence-corrected chi connectivity index (χ4v) is 2.75. The Morgan fingerprint density at radius 3 is 2.23 bits per heavy atom. The summed E-state index contributed by atoms with van der Waals surface area (Å²) in [7, 11) is 0. The number of nitrogens with one attached hydrogen (secondary N) is 2. The topological polar surface area (TPSA) is 97.6 Å². The fourth-order valence-electron chi connectivity index (χ4n) is 2.75. The van der Waals surface area contributed by atoms with E-state index in [1.54, 1.807) is 49.4 Å². The monoisotopic (exact) mass is 406 g/mol. The Morgan fingerprint density at radius 1 is 0.967 bits per heavy atom. The quantitative estimate of drug-likeness (QED) is 0.335. The van der Waals surface area contributed by atoms with Crippen LogP contribution in [0.25, 0.3) is 0 Å². The van der Waals surface area contributed by atoms with Crippen LogP contribution in [0.3, 0.4) is 0 Å². The molecule has 30 heavy (non-hydrogen) atoms. The maximum absolute atomic E-state index is 13.0. The van der Waals surface area contributed by atoms with Gasteiger partial charge in [0.2, 0.25) is 5.78 Å². The van der Waals surface area contributed by atoms with E-state index in [-0.39, 0.29) is 18.2 Å². The number of ketones is 1. The lowest BCUT2D eigenvalue weighted by molar-refractivity contribution is 0.0526. The first kappa shape index (κ1) is 20.9. The number of anilines is 1. The van der Waals surface area contributed by atoms with Crippen LogP contribution in [0.15, 0.2) is 71.3 Å². The number of amides is 1. The van der Waals surface area contributed by atoms with E-state index in [1.807, 2.05) is 19.1 Å². The number of ether oxygens (including phenoxy) is 1. The van der Waals surface area contributed by atoms with Gasteiger partial charge in [-0.25, -0.2) is 4.79 Å². The third-order valence-electron chi connectivity index (χ3n) is 4.33. The first-order valence-corrected chi connectivity index (χ1v) is 9.47. The van der Waals surface area contributed by atoms with Crippen molar-refractivity contribution in [2.75, 3.05) is 11.9 Å². The van der Waals surface area contributed by atoms with Crippen molar-refractivity contribution in [2.24, 2.45) is 0 Å². The molecule has 3 aromatic rings. The van der Waals surface area contributed by atoms with Gasteiger partial charge >= 0.3 is 5.97 Å². The minimum Gasteiger partial charge on any atom is -0.462 e. The molecule has 154 valence electrons. The Bertz CT molecular complexity index is 1010. The average molecular weight is 406 g/mol. The van der Waals surface area contributed by atoms with Crippen LogP contribution in [0, 0.1) is 6.92 Å². The smallest absolute Gasteiger partial charge is 0.338 e. The number of rotatable bonds is 8. The highest BCUT2D eigenvalue weighted by Crippen LogP contribution is 2.14. The van der Waals surface area contributed by atoms with Crippen molar-refractivity contribution in [3.63, 3.8) is 0 Å². The predicted molar refractivity (Wildman–Crippen MR) is 111 cm³/mol. The molecule has 0 spiro atoms. The number of hydrogen-bond donors (Lipinski definition) is 2. The van der Waals surface area contributed by atoms with Crippen molar-refractivity contribution in [1.82, 2.24) is 5.32 Å². The van der Waals surface area contributed by atoms with Crippen LogP contribution < -0.4 is 10.6 Å². The standard InChI is InChI=1S/C23H22N2O5/c1-3-29-23(28)17-10-12-18(13-11-17)24-21(25-22(27)19-5-4-14-30-19)20(26)16-8-6-15(2)7-9-16/h4-14,21,24H,3H2,1-2H3,(H,25,27)/t21-/m0/s1. The molecule has 0 saturated carbocycles. The summed E-state index contributed by atoms with van der Waals surface area (Å²) in [5.74, 6) is -1.18. The maximum atomic E-state index is 13.0. The van der Waals surface area contributed by atoms with Crippen molar-refractivity contribution in [3.8, 4) is 0 Å². The number of Topliss-reactive ketones (excluding diaryl/α,β-unsaturated/α-hetero) is 1. The van der Waals surface area contributed by atoms with E-state index in [4.69, 9.17) is 9.15 Å². The van der Waals surface area contributed by atoms with Gasteiger partial charge in [-0.2, -0.15) is 0 Å². The molecule has 0 aliphatic rings. The Kier molecular flexibility index (Phi) is 6.64. The fraction of sp³-hybridized carbons (Fsp3) is 0.174. The van der Waals surface area contributed by atoms with E-state index in [0.29, 0.717) is 16.8 Å².